The average molecular weight is 245 g/mol. The van der Waals surface area contributed by atoms with Gasteiger partial charge in [0.2, 0.25) is 0 Å². The monoisotopic (exact) mass is 244 g/mol. The number of hydrogen-bond donors (Lipinski definition) is 1. The van der Waals surface area contributed by atoms with E-state index in [2.05, 4.69) is 34.6 Å². The maximum atomic E-state index is 6.09. The number of nitrogens with zero attached hydrogens (tertiary/aromatic N) is 1. The number of nitrogens with one attached hydrogen (secondary N) is 1. The highest BCUT2D eigenvalue weighted by molar-refractivity contribution is 6.30. The number of hydrogen-bond acceptors (Lipinski definition) is 2. The van der Waals surface area contributed by atoms with Gasteiger partial charge in [-0.15, -0.1) is 0 Å². The largest absolute Gasteiger partial charge is 0.385 e. The molecule has 2 heterocycles. The number of benzene rings is 1. The molecule has 3 heteroatoms. The second-order valence-electron chi connectivity index (χ2n) is 4.28. The first-order valence-electron chi connectivity index (χ1n) is 5.78. The zero-order valence-corrected chi connectivity index (χ0v) is 10.1. The van der Waals surface area contributed by atoms with Crippen molar-refractivity contribution in [2.45, 2.75) is 12.3 Å². The molecule has 3 rings (SSSR count). The van der Waals surface area contributed by atoms with Gasteiger partial charge in [-0.05, 0) is 47.9 Å². The van der Waals surface area contributed by atoms with Crippen molar-refractivity contribution < 1.29 is 0 Å². The van der Waals surface area contributed by atoms with E-state index in [-0.39, 0.29) is 0 Å². The molecule has 1 atom stereocenters. The van der Waals surface area contributed by atoms with Crippen LogP contribution in [0.4, 0.5) is 5.69 Å². The van der Waals surface area contributed by atoms with E-state index in [1.807, 2.05) is 18.5 Å². The third-order valence-electron chi connectivity index (χ3n) is 3.25. The van der Waals surface area contributed by atoms with E-state index in [9.17, 15) is 0 Å². The molecule has 1 aliphatic rings. The summed E-state index contributed by atoms with van der Waals surface area (Å²) in [5.74, 6) is 0.424. The van der Waals surface area contributed by atoms with Crippen molar-refractivity contribution in [3.05, 3.63) is 58.9 Å². The minimum atomic E-state index is 0.424. The zero-order valence-electron chi connectivity index (χ0n) is 9.36. The molecule has 1 unspecified atom stereocenters. The van der Waals surface area contributed by atoms with Gasteiger partial charge < -0.3 is 5.32 Å². The predicted molar refractivity (Wildman–Crippen MR) is 70.6 cm³/mol. The second-order valence-corrected chi connectivity index (χ2v) is 4.72. The lowest BCUT2D eigenvalue weighted by Gasteiger charge is -2.27. The molecule has 0 radical (unpaired) electrons. The van der Waals surface area contributed by atoms with Gasteiger partial charge in [-0.1, -0.05) is 11.6 Å². The van der Waals surface area contributed by atoms with Gasteiger partial charge in [0.25, 0.3) is 0 Å². The summed E-state index contributed by atoms with van der Waals surface area (Å²) >= 11 is 6.09. The maximum Gasteiger partial charge on any atom is 0.0410 e. The summed E-state index contributed by atoms with van der Waals surface area (Å²) in [4.78, 5) is 4.07. The highest BCUT2D eigenvalue weighted by Crippen LogP contribution is 2.37. The highest BCUT2D eigenvalue weighted by Gasteiger charge is 2.21. The molecule has 0 saturated heterocycles. The maximum absolute atomic E-state index is 6.09. The van der Waals surface area contributed by atoms with E-state index in [0.29, 0.717) is 5.92 Å². The number of pyridine rings is 1. The second kappa shape index (κ2) is 4.38. The van der Waals surface area contributed by atoms with Gasteiger partial charge in [0.15, 0.2) is 0 Å². The molecular formula is C14H13ClN2. The molecule has 2 nitrogen and oxygen atoms in total. The predicted octanol–water partition coefficient (Wildman–Crippen LogP) is 3.68. The number of rotatable bonds is 1. The molecule has 2 aromatic rings. The first-order valence-corrected chi connectivity index (χ1v) is 6.15. The highest BCUT2D eigenvalue weighted by atomic mass is 35.5. The van der Waals surface area contributed by atoms with Crippen molar-refractivity contribution in [3.8, 4) is 0 Å². The standard InChI is InChI=1S/C14H13ClN2/c15-11-1-2-14-13(9-11)12(5-8-17-14)10-3-6-16-7-4-10/h1-4,6-7,9,12,17H,5,8H2. The normalized spacial score (nSPS) is 18.3. The van der Waals surface area contributed by atoms with Gasteiger partial charge in [0.05, 0.1) is 0 Å². The van der Waals surface area contributed by atoms with E-state index in [4.69, 9.17) is 11.6 Å². The molecule has 0 bridgehead atoms. The van der Waals surface area contributed by atoms with Crippen LogP contribution in [0.2, 0.25) is 5.02 Å². The molecule has 0 fully saturated rings. The number of fused-ring (bicyclic) bond motifs is 1. The van der Waals surface area contributed by atoms with Crippen LogP contribution in [0.1, 0.15) is 23.5 Å². The van der Waals surface area contributed by atoms with E-state index in [1.165, 1.54) is 16.8 Å². The minimum absolute atomic E-state index is 0.424. The van der Waals surface area contributed by atoms with Crippen LogP contribution in [0.3, 0.4) is 0 Å². The smallest absolute Gasteiger partial charge is 0.0410 e. The fourth-order valence-electron chi connectivity index (χ4n) is 2.43. The Kier molecular flexibility index (Phi) is 2.73. The summed E-state index contributed by atoms with van der Waals surface area (Å²) in [6.45, 7) is 1.00. The van der Waals surface area contributed by atoms with E-state index in [1.54, 1.807) is 0 Å². The van der Waals surface area contributed by atoms with Crippen molar-refractivity contribution in [2.24, 2.45) is 0 Å². The van der Waals surface area contributed by atoms with Crippen LogP contribution in [-0.4, -0.2) is 11.5 Å². The summed E-state index contributed by atoms with van der Waals surface area (Å²) in [7, 11) is 0. The molecular weight excluding hydrogens is 232 g/mol. The summed E-state index contributed by atoms with van der Waals surface area (Å²) in [6.07, 6.45) is 4.79. The van der Waals surface area contributed by atoms with Crippen LogP contribution in [0.5, 0.6) is 0 Å². The van der Waals surface area contributed by atoms with Crippen LogP contribution in [-0.2, 0) is 0 Å². The van der Waals surface area contributed by atoms with Gasteiger partial charge in [-0.2, -0.15) is 0 Å². The first-order chi connectivity index (χ1) is 8.34. The van der Waals surface area contributed by atoms with Crippen molar-refractivity contribution in [2.75, 3.05) is 11.9 Å². The molecule has 1 aromatic heterocycles. The van der Waals surface area contributed by atoms with E-state index < -0.39 is 0 Å². The Bertz CT molecular complexity index is 525. The Balaban J connectivity index is 2.08. The Morgan fingerprint density at radius 2 is 2.00 bits per heavy atom. The van der Waals surface area contributed by atoms with Crippen molar-refractivity contribution >= 4 is 17.3 Å². The van der Waals surface area contributed by atoms with Gasteiger partial charge >= 0.3 is 0 Å². The summed E-state index contributed by atoms with van der Waals surface area (Å²) < 4.78 is 0. The van der Waals surface area contributed by atoms with Crippen LogP contribution >= 0.6 is 11.6 Å². The lowest BCUT2D eigenvalue weighted by Crippen LogP contribution is -2.17. The third kappa shape index (κ3) is 2.01. The van der Waals surface area contributed by atoms with Crippen LogP contribution < -0.4 is 5.32 Å². The first kappa shape index (κ1) is 10.6. The van der Waals surface area contributed by atoms with E-state index >= 15 is 0 Å². The Morgan fingerprint density at radius 3 is 2.82 bits per heavy atom. The average Bonchev–Trinajstić information content (AvgIpc) is 2.39. The number of halogens is 1. The van der Waals surface area contributed by atoms with Gasteiger partial charge in [-0.3, -0.25) is 4.98 Å². The third-order valence-corrected chi connectivity index (χ3v) is 3.48. The van der Waals surface area contributed by atoms with Gasteiger partial charge in [0, 0.05) is 35.6 Å². The van der Waals surface area contributed by atoms with Crippen LogP contribution in [0.25, 0.3) is 0 Å². The van der Waals surface area contributed by atoms with Crippen molar-refractivity contribution in [3.63, 3.8) is 0 Å². The fraction of sp³-hybridized carbons (Fsp3) is 0.214. The SMILES string of the molecule is Clc1ccc2c(c1)C(c1ccncc1)CCN2. The fourth-order valence-corrected chi connectivity index (χ4v) is 2.61. The summed E-state index contributed by atoms with van der Waals surface area (Å²) in [5, 5.41) is 4.21. The Hall–Kier alpha value is -1.54. The van der Waals surface area contributed by atoms with Gasteiger partial charge in [0.1, 0.15) is 0 Å². The van der Waals surface area contributed by atoms with Crippen molar-refractivity contribution in [1.29, 1.82) is 0 Å². The molecule has 1 N–H and O–H groups in total. The molecule has 0 spiro atoms. The molecule has 0 amide bonds. The number of anilines is 1. The molecule has 1 aliphatic heterocycles. The lowest BCUT2D eigenvalue weighted by atomic mass is 9.86. The topological polar surface area (TPSA) is 24.9 Å². The quantitative estimate of drug-likeness (QED) is 0.828. The molecule has 0 aliphatic carbocycles. The molecule has 0 saturated carbocycles. The number of aromatic nitrogens is 1. The Labute approximate surface area is 106 Å². The minimum Gasteiger partial charge on any atom is -0.385 e. The molecule has 17 heavy (non-hydrogen) atoms. The summed E-state index contributed by atoms with van der Waals surface area (Å²) in [5.41, 5.74) is 3.79. The molecule has 86 valence electrons. The van der Waals surface area contributed by atoms with Crippen LogP contribution in [0, 0.1) is 0 Å². The van der Waals surface area contributed by atoms with Crippen LogP contribution in [0.15, 0.2) is 42.7 Å². The van der Waals surface area contributed by atoms with E-state index in [0.717, 1.165) is 18.0 Å². The molecule has 1 aromatic carbocycles. The van der Waals surface area contributed by atoms with Crippen molar-refractivity contribution in [1.82, 2.24) is 4.98 Å². The lowest BCUT2D eigenvalue weighted by molar-refractivity contribution is 0.719. The zero-order chi connectivity index (χ0) is 11.7. The summed E-state index contributed by atoms with van der Waals surface area (Å²) in [6, 6.07) is 10.2. The van der Waals surface area contributed by atoms with Gasteiger partial charge in [-0.25, -0.2) is 0 Å². The Morgan fingerprint density at radius 1 is 1.18 bits per heavy atom.